The van der Waals surface area contributed by atoms with Crippen molar-refractivity contribution in [2.45, 2.75) is 0 Å². The minimum Gasteiger partial charge on any atom is -0.508 e. The molecule has 0 radical (unpaired) electrons. The van der Waals surface area contributed by atoms with E-state index in [0.717, 1.165) is 0 Å². The SMILES string of the molecule is O=c1[nH]c(/C(Cl)=C\c2cccc(O)c2)nc2ccc(Cl)cc12. The lowest BCUT2D eigenvalue weighted by atomic mass is 10.2. The van der Waals surface area contributed by atoms with Gasteiger partial charge in [0.25, 0.3) is 5.56 Å². The third-order valence-corrected chi connectivity index (χ3v) is 3.58. The van der Waals surface area contributed by atoms with E-state index in [1.54, 1.807) is 48.5 Å². The molecule has 6 heteroatoms. The molecule has 1 aromatic heterocycles. The van der Waals surface area contributed by atoms with Gasteiger partial charge in [0.1, 0.15) is 5.75 Å². The quantitative estimate of drug-likeness (QED) is 0.744. The van der Waals surface area contributed by atoms with Crippen LogP contribution in [0.1, 0.15) is 11.4 Å². The zero-order chi connectivity index (χ0) is 15.7. The molecule has 0 unspecified atom stereocenters. The van der Waals surface area contributed by atoms with E-state index in [2.05, 4.69) is 9.97 Å². The standard InChI is InChI=1S/C16H10Cl2N2O2/c17-10-4-5-14-12(8-10)16(22)20-15(19-14)13(18)7-9-2-1-3-11(21)6-9/h1-8,21H,(H,19,20,22)/b13-7+. The van der Waals surface area contributed by atoms with E-state index in [1.165, 1.54) is 0 Å². The molecule has 0 aliphatic rings. The Morgan fingerprint density at radius 3 is 2.82 bits per heavy atom. The van der Waals surface area contributed by atoms with E-state index >= 15 is 0 Å². The number of fused-ring (bicyclic) bond motifs is 1. The Hall–Kier alpha value is -2.30. The first-order chi connectivity index (χ1) is 10.5. The van der Waals surface area contributed by atoms with Crippen LogP contribution in [0.5, 0.6) is 5.75 Å². The number of phenols is 1. The lowest BCUT2D eigenvalue weighted by Crippen LogP contribution is -2.10. The van der Waals surface area contributed by atoms with Gasteiger partial charge in [0.05, 0.1) is 15.9 Å². The first kappa shape index (κ1) is 14.6. The fraction of sp³-hybridized carbons (Fsp3) is 0. The predicted octanol–water partition coefficient (Wildman–Crippen LogP) is 4.02. The molecule has 0 atom stereocenters. The fourth-order valence-electron chi connectivity index (χ4n) is 2.05. The Balaban J connectivity index is 2.10. The largest absolute Gasteiger partial charge is 0.508 e. The molecular weight excluding hydrogens is 323 g/mol. The zero-order valence-electron chi connectivity index (χ0n) is 11.2. The van der Waals surface area contributed by atoms with Crippen LogP contribution in [0.3, 0.4) is 0 Å². The normalized spacial score (nSPS) is 11.8. The first-order valence-electron chi connectivity index (χ1n) is 6.39. The van der Waals surface area contributed by atoms with Crippen molar-refractivity contribution < 1.29 is 5.11 Å². The number of aromatic amines is 1. The number of phenolic OH excluding ortho intramolecular Hbond substituents is 1. The van der Waals surface area contributed by atoms with E-state index in [-0.39, 0.29) is 22.2 Å². The van der Waals surface area contributed by atoms with Crippen molar-refractivity contribution in [3.8, 4) is 5.75 Å². The maximum Gasteiger partial charge on any atom is 0.259 e. The van der Waals surface area contributed by atoms with E-state index in [1.807, 2.05) is 0 Å². The van der Waals surface area contributed by atoms with Crippen LogP contribution < -0.4 is 5.56 Å². The van der Waals surface area contributed by atoms with Crippen molar-refractivity contribution in [2.75, 3.05) is 0 Å². The maximum atomic E-state index is 12.1. The number of halogens is 2. The molecule has 0 spiro atoms. The molecule has 0 amide bonds. The first-order valence-corrected chi connectivity index (χ1v) is 7.15. The van der Waals surface area contributed by atoms with Crippen molar-refractivity contribution in [1.29, 1.82) is 0 Å². The lowest BCUT2D eigenvalue weighted by Gasteiger charge is -2.03. The van der Waals surface area contributed by atoms with Crippen LogP contribution in [-0.2, 0) is 0 Å². The van der Waals surface area contributed by atoms with Crippen molar-refractivity contribution in [3.05, 3.63) is 69.2 Å². The molecule has 2 aromatic carbocycles. The molecule has 0 fully saturated rings. The second kappa shape index (κ2) is 5.83. The van der Waals surface area contributed by atoms with Crippen molar-refractivity contribution in [3.63, 3.8) is 0 Å². The van der Waals surface area contributed by atoms with Gasteiger partial charge in [-0.25, -0.2) is 4.98 Å². The molecule has 0 saturated carbocycles. The highest BCUT2D eigenvalue weighted by atomic mass is 35.5. The third-order valence-electron chi connectivity index (χ3n) is 3.06. The van der Waals surface area contributed by atoms with Gasteiger partial charge in [-0.15, -0.1) is 0 Å². The van der Waals surface area contributed by atoms with E-state index < -0.39 is 0 Å². The molecule has 2 N–H and O–H groups in total. The molecule has 3 aromatic rings. The topological polar surface area (TPSA) is 66.0 Å². The van der Waals surface area contributed by atoms with Gasteiger partial charge in [0, 0.05) is 5.02 Å². The van der Waals surface area contributed by atoms with Crippen LogP contribution in [0.2, 0.25) is 5.02 Å². The summed E-state index contributed by atoms with van der Waals surface area (Å²) in [4.78, 5) is 19.0. The highest BCUT2D eigenvalue weighted by Gasteiger charge is 2.07. The summed E-state index contributed by atoms with van der Waals surface area (Å²) in [5.74, 6) is 0.387. The highest BCUT2D eigenvalue weighted by Crippen LogP contribution is 2.22. The average molecular weight is 333 g/mol. The number of aromatic hydroxyl groups is 1. The Bertz CT molecular complexity index is 948. The monoisotopic (exact) mass is 332 g/mol. The summed E-state index contributed by atoms with van der Waals surface area (Å²) in [5.41, 5.74) is 0.888. The molecule has 3 rings (SSSR count). The van der Waals surface area contributed by atoms with Gasteiger partial charge in [-0.1, -0.05) is 35.3 Å². The Morgan fingerprint density at radius 2 is 2.05 bits per heavy atom. The second-order valence-electron chi connectivity index (χ2n) is 4.66. The molecule has 0 saturated heterocycles. The number of nitrogens with one attached hydrogen (secondary N) is 1. The van der Waals surface area contributed by atoms with Crippen molar-refractivity contribution in [1.82, 2.24) is 9.97 Å². The molecular formula is C16H10Cl2N2O2. The van der Waals surface area contributed by atoms with Gasteiger partial charge in [-0.3, -0.25) is 4.79 Å². The molecule has 4 nitrogen and oxygen atoms in total. The molecule has 22 heavy (non-hydrogen) atoms. The third kappa shape index (κ3) is 2.98. The fourth-order valence-corrected chi connectivity index (χ4v) is 2.44. The Morgan fingerprint density at radius 1 is 1.23 bits per heavy atom. The Kier molecular flexibility index (Phi) is 3.88. The smallest absolute Gasteiger partial charge is 0.259 e. The Labute approximate surface area is 135 Å². The van der Waals surface area contributed by atoms with Gasteiger partial charge in [0.15, 0.2) is 5.82 Å². The molecule has 0 aliphatic heterocycles. The molecule has 0 bridgehead atoms. The predicted molar refractivity (Wildman–Crippen MR) is 89.2 cm³/mol. The minimum absolute atomic E-state index is 0.132. The number of hydrogen-bond acceptors (Lipinski definition) is 3. The van der Waals surface area contributed by atoms with Crippen LogP contribution in [0.15, 0.2) is 47.3 Å². The summed E-state index contributed by atoms with van der Waals surface area (Å²) in [5, 5.41) is 10.6. The van der Waals surface area contributed by atoms with Crippen molar-refractivity contribution in [2.24, 2.45) is 0 Å². The van der Waals surface area contributed by atoms with Crippen LogP contribution in [0.25, 0.3) is 22.0 Å². The van der Waals surface area contributed by atoms with Crippen LogP contribution in [0.4, 0.5) is 0 Å². The minimum atomic E-state index is -0.315. The van der Waals surface area contributed by atoms with Gasteiger partial charge in [-0.2, -0.15) is 0 Å². The summed E-state index contributed by atoms with van der Waals surface area (Å²) in [6.07, 6.45) is 1.61. The summed E-state index contributed by atoms with van der Waals surface area (Å²) in [6, 6.07) is 11.5. The molecule has 1 heterocycles. The van der Waals surface area contributed by atoms with Crippen LogP contribution >= 0.6 is 23.2 Å². The average Bonchev–Trinajstić information content (AvgIpc) is 2.48. The lowest BCUT2D eigenvalue weighted by molar-refractivity contribution is 0.475. The highest BCUT2D eigenvalue weighted by molar-refractivity contribution is 6.50. The number of aromatic nitrogens is 2. The van der Waals surface area contributed by atoms with E-state index in [4.69, 9.17) is 23.2 Å². The van der Waals surface area contributed by atoms with E-state index in [0.29, 0.717) is 21.5 Å². The number of hydrogen-bond donors (Lipinski definition) is 2. The summed E-state index contributed by atoms with van der Waals surface area (Å²) in [6.45, 7) is 0. The number of H-pyrrole nitrogens is 1. The maximum absolute atomic E-state index is 12.1. The summed E-state index contributed by atoms with van der Waals surface area (Å²) < 4.78 is 0. The molecule has 0 aliphatic carbocycles. The van der Waals surface area contributed by atoms with Gasteiger partial charge < -0.3 is 10.1 Å². The zero-order valence-corrected chi connectivity index (χ0v) is 12.7. The summed E-state index contributed by atoms with van der Waals surface area (Å²) >= 11 is 12.1. The summed E-state index contributed by atoms with van der Waals surface area (Å²) in [7, 11) is 0. The number of nitrogens with zero attached hydrogens (tertiary/aromatic N) is 1. The van der Waals surface area contributed by atoms with Crippen LogP contribution in [-0.4, -0.2) is 15.1 Å². The number of rotatable bonds is 2. The molecule has 110 valence electrons. The van der Waals surface area contributed by atoms with E-state index in [9.17, 15) is 9.90 Å². The van der Waals surface area contributed by atoms with Crippen LogP contribution in [0, 0.1) is 0 Å². The van der Waals surface area contributed by atoms with Gasteiger partial charge >= 0.3 is 0 Å². The van der Waals surface area contributed by atoms with Gasteiger partial charge in [0.2, 0.25) is 0 Å². The van der Waals surface area contributed by atoms with Crippen molar-refractivity contribution >= 4 is 45.2 Å². The number of benzene rings is 2. The second-order valence-corrected chi connectivity index (χ2v) is 5.51. The van der Waals surface area contributed by atoms with Gasteiger partial charge in [-0.05, 0) is 42.0 Å².